The third-order valence-electron chi connectivity index (χ3n) is 2.42. The van der Waals surface area contributed by atoms with E-state index in [1.807, 2.05) is 0 Å². The van der Waals surface area contributed by atoms with Crippen molar-refractivity contribution >= 4 is 5.91 Å². The fourth-order valence-electron chi connectivity index (χ4n) is 1.82. The van der Waals surface area contributed by atoms with Gasteiger partial charge in [0.2, 0.25) is 5.91 Å². The molecule has 2 fully saturated rings. The molecule has 3 heteroatoms. The third kappa shape index (κ3) is 0.814. The normalized spacial score (nSPS) is 39.0. The van der Waals surface area contributed by atoms with E-state index in [9.17, 15) is 4.79 Å². The number of piperidine rings is 1. The zero-order valence-electron chi connectivity index (χ0n) is 5.89. The second-order valence-electron chi connectivity index (χ2n) is 3.05. The molecule has 0 unspecified atom stereocenters. The van der Waals surface area contributed by atoms with Gasteiger partial charge in [-0.15, -0.1) is 0 Å². The van der Waals surface area contributed by atoms with Gasteiger partial charge in [0.15, 0.2) is 0 Å². The van der Waals surface area contributed by atoms with Gasteiger partial charge in [-0.25, -0.2) is 0 Å². The molecule has 2 rings (SSSR count). The molecule has 56 valence electrons. The van der Waals surface area contributed by atoms with Crippen LogP contribution in [-0.4, -0.2) is 25.0 Å². The molecule has 0 aromatic rings. The van der Waals surface area contributed by atoms with Gasteiger partial charge in [0.1, 0.15) is 0 Å². The van der Waals surface area contributed by atoms with E-state index in [2.05, 4.69) is 10.6 Å². The third-order valence-corrected chi connectivity index (χ3v) is 2.42. The number of rotatable bonds is 0. The lowest BCUT2D eigenvalue weighted by atomic mass is 9.94. The lowest BCUT2D eigenvalue weighted by Crippen LogP contribution is -2.41. The Balaban J connectivity index is 2.08. The van der Waals surface area contributed by atoms with Crippen molar-refractivity contribution in [1.29, 1.82) is 0 Å². The highest BCUT2D eigenvalue weighted by atomic mass is 16.2. The largest absolute Gasteiger partial charge is 0.354 e. The number of nitrogens with one attached hydrogen (secondary N) is 2. The first-order chi connectivity index (χ1) is 4.88. The first-order valence-electron chi connectivity index (χ1n) is 3.89. The first kappa shape index (κ1) is 6.16. The van der Waals surface area contributed by atoms with Crippen LogP contribution in [0.15, 0.2) is 0 Å². The molecule has 2 N–H and O–H groups in total. The predicted molar refractivity (Wildman–Crippen MR) is 37.5 cm³/mol. The fourth-order valence-corrected chi connectivity index (χ4v) is 1.82. The molecule has 10 heavy (non-hydrogen) atoms. The smallest absolute Gasteiger partial charge is 0.224 e. The summed E-state index contributed by atoms with van der Waals surface area (Å²) < 4.78 is 0. The summed E-state index contributed by atoms with van der Waals surface area (Å²) in [6, 6.07) is 0.432. The minimum absolute atomic E-state index is 0.247. The Hall–Kier alpha value is -0.570. The molecule has 3 nitrogen and oxygen atoms in total. The summed E-state index contributed by atoms with van der Waals surface area (Å²) in [6.45, 7) is 1.92. The van der Waals surface area contributed by atoms with Crippen LogP contribution in [0.1, 0.15) is 12.8 Å². The highest BCUT2D eigenvalue weighted by Gasteiger charge is 2.35. The number of carbonyl (C=O) groups excluding carboxylic acids is 1. The Bertz CT molecular complexity index is 158. The minimum atomic E-state index is 0.247. The molecule has 0 aromatic carbocycles. The molecule has 0 spiro atoms. The van der Waals surface area contributed by atoms with Gasteiger partial charge in [-0.1, -0.05) is 0 Å². The Kier molecular flexibility index (Phi) is 1.38. The summed E-state index contributed by atoms with van der Waals surface area (Å²) in [5.74, 6) is 0.519. The average Bonchev–Trinajstić information content (AvgIpc) is 2.34. The van der Waals surface area contributed by atoms with Crippen LogP contribution in [0, 0.1) is 5.92 Å². The molecular formula is C7H12N2O. The second kappa shape index (κ2) is 2.23. The zero-order valence-corrected chi connectivity index (χ0v) is 5.89. The van der Waals surface area contributed by atoms with E-state index in [4.69, 9.17) is 0 Å². The maximum atomic E-state index is 11.1. The van der Waals surface area contributed by atoms with Gasteiger partial charge in [-0.05, 0) is 19.4 Å². The summed E-state index contributed by atoms with van der Waals surface area (Å²) in [5.41, 5.74) is 0. The number of fused-ring (bicyclic) bond motifs is 1. The summed E-state index contributed by atoms with van der Waals surface area (Å²) in [6.07, 6.45) is 2.22. The van der Waals surface area contributed by atoms with Gasteiger partial charge in [0.05, 0.1) is 5.92 Å². The quantitative estimate of drug-likeness (QED) is 0.475. The summed E-state index contributed by atoms with van der Waals surface area (Å²) in [4.78, 5) is 11.1. The van der Waals surface area contributed by atoms with E-state index in [0.717, 1.165) is 25.9 Å². The summed E-state index contributed by atoms with van der Waals surface area (Å²) >= 11 is 0. The highest BCUT2D eigenvalue weighted by Crippen LogP contribution is 2.19. The zero-order chi connectivity index (χ0) is 6.97. The molecule has 0 aromatic heterocycles. The Morgan fingerprint density at radius 3 is 3.20 bits per heavy atom. The Morgan fingerprint density at radius 2 is 2.40 bits per heavy atom. The van der Waals surface area contributed by atoms with E-state index in [1.165, 1.54) is 0 Å². The van der Waals surface area contributed by atoms with Crippen molar-refractivity contribution in [2.24, 2.45) is 5.92 Å². The van der Waals surface area contributed by atoms with Gasteiger partial charge < -0.3 is 10.6 Å². The van der Waals surface area contributed by atoms with E-state index in [-0.39, 0.29) is 11.8 Å². The molecule has 2 atom stereocenters. The molecule has 0 bridgehead atoms. The van der Waals surface area contributed by atoms with Crippen LogP contribution in [-0.2, 0) is 4.79 Å². The first-order valence-corrected chi connectivity index (χ1v) is 3.89. The molecule has 2 aliphatic rings. The number of amides is 1. The molecule has 0 aliphatic carbocycles. The van der Waals surface area contributed by atoms with Crippen LogP contribution >= 0.6 is 0 Å². The molecule has 0 radical (unpaired) electrons. The number of carbonyl (C=O) groups is 1. The Labute approximate surface area is 60.2 Å². The average molecular weight is 140 g/mol. The van der Waals surface area contributed by atoms with Gasteiger partial charge in [-0.2, -0.15) is 0 Å². The van der Waals surface area contributed by atoms with Gasteiger partial charge in [0, 0.05) is 12.6 Å². The van der Waals surface area contributed by atoms with E-state index in [1.54, 1.807) is 0 Å². The maximum Gasteiger partial charge on any atom is 0.224 e. The topological polar surface area (TPSA) is 41.1 Å². The fraction of sp³-hybridized carbons (Fsp3) is 0.857. The predicted octanol–water partition coefficient (Wildman–Crippen LogP) is -0.516. The van der Waals surface area contributed by atoms with Crippen LogP contribution in [0.2, 0.25) is 0 Å². The van der Waals surface area contributed by atoms with Crippen molar-refractivity contribution in [3.63, 3.8) is 0 Å². The molecule has 2 saturated heterocycles. The van der Waals surface area contributed by atoms with Crippen LogP contribution in [0.4, 0.5) is 0 Å². The van der Waals surface area contributed by atoms with Crippen molar-refractivity contribution < 1.29 is 4.79 Å². The van der Waals surface area contributed by atoms with Gasteiger partial charge >= 0.3 is 0 Å². The lowest BCUT2D eigenvalue weighted by molar-refractivity contribution is -0.123. The monoisotopic (exact) mass is 140 g/mol. The van der Waals surface area contributed by atoms with Crippen molar-refractivity contribution in [1.82, 2.24) is 10.6 Å². The molecule has 2 aliphatic heterocycles. The van der Waals surface area contributed by atoms with Crippen LogP contribution in [0.5, 0.6) is 0 Å². The Morgan fingerprint density at radius 1 is 1.50 bits per heavy atom. The molecular weight excluding hydrogens is 128 g/mol. The second-order valence-corrected chi connectivity index (χ2v) is 3.05. The van der Waals surface area contributed by atoms with Crippen molar-refractivity contribution in [3.05, 3.63) is 0 Å². The van der Waals surface area contributed by atoms with Crippen molar-refractivity contribution in [2.75, 3.05) is 13.1 Å². The maximum absolute atomic E-state index is 11.1. The van der Waals surface area contributed by atoms with Crippen LogP contribution in [0.25, 0.3) is 0 Å². The van der Waals surface area contributed by atoms with E-state index >= 15 is 0 Å². The standard InChI is InChI=1S/C7H12N2O/c10-7-5-2-1-3-8-6(5)4-9-7/h5-6,8H,1-4H2,(H,9,10)/t5-,6+/m1/s1. The molecule has 0 saturated carbocycles. The number of hydrogen-bond acceptors (Lipinski definition) is 2. The summed E-state index contributed by atoms with van der Waals surface area (Å²) in [5, 5.41) is 6.19. The van der Waals surface area contributed by atoms with Crippen molar-refractivity contribution in [2.45, 2.75) is 18.9 Å². The van der Waals surface area contributed by atoms with E-state index < -0.39 is 0 Å². The van der Waals surface area contributed by atoms with Gasteiger partial charge in [-0.3, -0.25) is 4.79 Å². The van der Waals surface area contributed by atoms with E-state index in [0.29, 0.717) is 6.04 Å². The minimum Gasteiger partial charge on any atom is -0.354 e. The number of hydrogen-bond donors (Lipinski definition) is 2. The highest BCUT2D eigenvalue weighted by molar-refractivity contribution is 5.81. The lowest BCUT2D eigenvalue weighted by Gasteiger charge is -2.23. The molecule has 1 amide bonds. The van der Waals surface area contributed by atoms with Gasteiger partial charge in [0.25, 0.3) is 0 Å². The van der Waals surface area contributed by atoms with Crippen LogP contribution in [0.3, 0.4) is 0 Å². The van der Waals surface area contributed by atoms with Crippen LogP contribution < -0.4 is 10.6 Å². The SMILES string of the molecule is O=C1NC[C@@H]2NCCC[C@@H]12. The summed E-state index contributed by atoms with van der Waals surface area (Å²) in [7, 11) is 0. The van der Waals surface area contributed by atoms with Crippen molar-refractivity contribution in [3.8, 4) is 0 Å². The molecule has 2 heterocycles.